The Morgan fingerprint density at radius 1 is 1.35 bits per heavy atom. The third kappa shape index (κ3) is 3.01. The van der Waals surface area contributed by atoms with Crippen LogP contribution in [0, 0.1) is 5.92 Å². The van der Waals surface area contributed by atoms with E-state index in [1.807, 2.05) is 0 Å². The lowest BCUT2D eigenvalue weighted by Gasteiger charge is -2.43. The van der Waals surface area contributed by atoms with Gasteiger partial charge in [0.05, 0.1) is 6.10 Å². The van der Waals surface area contributed by atoms with Gasteiger partial charge in [-0.2, -0.15) is 0 Å². The Balaban J connectivity index is 2.04. The van der Waals surface area contributed by atoms with Gasteiger partial charge < -0.3 is 10.0 Å². The predicted molar refractivity (Wildman–Crippen MR) is 67.6 cm³/mol. The summed E-state index contributed by atoms with van der Waals surface area (Å²) in [7, 11) is 0. The lowest BCUT2D eigenvalue weighted by Crippen LogP contribution is -2.50. The molecule has 3 heteroatoms. The summed E-state index contributed by atoms with van der Waals surface area (Å²) in [5, 5.41) is 9.84. The fourth-order valence-corrected chi connectivity index (χ4v) is 3.45. The SMILES string of the molecule is CCCC1CCC(O)CC1N1CCCCC1=O. The predicted octanol–water partition coefficient (Wildman–Crippen LogP) is 2.33. The maximum Gasteiger partial charge on any atom is 0.222 e. The number of hydrogen-bond donors (Lipinski definition) is 1. The first-order valence-corrected chi connectivity index (χ1v) is 7.20. The first kappa shape index (κ1) is 12.9. The summed E-state index contributed by atoms with van der Waals surface area (Å²) < 4.78 is 0. The third-order valence-corrected chi connectivity index (χ3v) is 4.35. The smallest absolute Gasteiger partial charge is 0.222 e. The molecule has 0 aromatic carbocycles. The minimum Gasteiger partial charge on any atom is -0.393 e. The Kier molecular flexibility index (Phi) is 4.43. The summed E-state index contributed by atoms with van der Waals surface area (Å²) >= 11 is 0. The largest absolute Gasteiger partial charge is 0.393 e. The zero-order valence-electron chi connectivity index (χ0n) is 10.9. The van der Waals surface area contributed by atoms with Gasteiger partial charge in [0.1, 0.15) is 0 Å². The van der Waals surface area contributed by atoms with Crippen LogP contribution in [0.1, 0.15) is 58.3 Å². The Morgan fingerprint density at radius 3 is 2.88 bits per heavy atom. The van der Waals surface area contributed by atoms with Crippen LogP contribution < -0.4 is 0 Å². The minimum atomic E-state index is -0.192. The normalized spacial score (nSPS) is 35.1. The van der Waals surface area contributed by atoms with E-state index in [1.54, 1.807) is 0 Å². The average Bonchev–Trinajstić information content (AvgIpc) is 2.32. The number of rotatable bonds is 3. The van der Waals surface area contributed by atoms with E-state index in [-0.39, 0.29) is 6.10 Å². The Bertz CT molecular complexity index is 267. The van der Waals surface area contributed by atoms with Crippen LogP contribution in [0.3, 0.4) is 0 Å². The molecule has 3 atom stereocenters. The van der Waals surface area contributed by atoms with Crippen molar-refractivity contribution in [1.29, 1.82) is 0 Å². The van der Waals surface area contributed by atoms with Crippen LogP contribution in [-0.2, 0) is 4.79 Å². The van der Waals surface area contributed by atoms with Gasteiger partial charge in [0.15, 0.2) is 0 Å². The number of nitrogens with zero attached hydrogens (tertiary/aromatic N) is 1. The van der Waals surface area contributed by atoms with E-state index in [0.717, 1.165) is 38.6 Å². The monoisotopic (exact) mass is 239 g/mol. The fraction of sp³-hybridized carbons (Fsp3) is 0.929. The summed E-state index contributed by atoms with van der Waals surface area (Å²) in [6.07, 6.45) is 7.89. The highest BCUT2D eigenvalue weighted by Gasteiger charge is 2.36. The highest BCUT2D eigenvalue weighted by Crippen LogP contribution is 2.33. The van der Waals surface area contributed by atoms with Gasteiger partial charge in [-0.3, -0.25) is 4.79 Å². The van der Waals surface area contributed by atoms with E-state index < -0.39 is 0 Å². The lowest BCUT2D eigenvalue weighted by atomic mass is 9.79. The molecule has 1 N–H and O–H groups in total. The van der Waals surface area contributed by atoms with E-state index in [9.17, 15) is 9.90 Å². The van der Waals surface area contributed by atoms with Crippen molar-refractivity contribution in [2.45, 2.75) is 70.4 Å². The third-order valence-electron chi connectivity index (χ3n) is 4.35. The molecule has 1 amide bonds. The number of piperidine rings is 1. The standard InChI is InChI=1S/C14H25NO2/c1-2-5-11-7-8-12(16)10-13(11)15-9-4-3-6-14(15)17/h11-13,16H,2-10H2,1H3. The van der Waals surface area contributed by atoms with Crippen LogP contribution in [0.2, 0.25) is 0 Å². The molecule has 1 saturated heterocycles. The summed E-state index contributed by atoms with van der Waals surface area (Å²) in [6.45, 7) is 3.12. The molecule has 1 saturated carbocycles. The molecule has 2 aliphatic rings. The molecule has 0 radical (unpaired) electrons. The van der Waals surface area contributed by atoms with Crippen LogP contribution in [0.15, 0.2) is 0 Å². The quantitative estimate of drug-likeness (QED) is 0.821. The average molecular weight is 239 g/mol. The van der Waals surface area contributed by atoms with Crippen molar-refractivity contribution in [2.24, 2.45) is 5.92 Å². The number of likely N-dealkylation sites (tertiary alicyclic amines) is 1. The molecule has 2 rings (SSSR count). The molecule has 2 fully saturated rings. The van der Waals surface area contributed by atoms with Crippen LogP contribution in [0.5, 0.6) is 0 Å². The van der Waals surface area contributed by atoms with Gasteiger partial charge in [-0.1, -0.05) is 13.3 Å². The lowest BCUT2D eigenvalue weighted by molar-refractivity contribution is -0.139. The number of hydrogen-bond acceptors (Lipinski definition) is 2. The van der Waals surface area contributed by atoms with Crippen molar-refractivity contribution < 1.29 is 9.90 Å². The molecule has 0 spiro atoms. The second-order valence-electron chi connectivity index (χ2n) is 5.63. The molecular formula is C14H25NO2. The maximum atomic E-state index is 12.0. The number of amides is 1. The van der Waals surface area contributed by atoms with Gasteiger partial charge in [-0.15, -0.1) is 0 Å². The summed E-state index contributed by atoms with van der Waals surface area (Å²) in [4.78, 5) is 14.1. The molecule has 0 bridgehead atoms. The van der Waals surface area contributed by atoms with Gasteiger partial charge in [0.2, 0.25) is 5.91 Å². The first-order chi connectivity index (χ1) is 8.22. The molecular weight excluding hydrogens is 214 g/mol. The van der Waals surface area contributed by atoms with Crippen molar-refractivity contribution >= 4 is 5.91 Å². The molecule has 17 heavy (non-hydrogen) atoms. The van der Waals surface area contributed by atoms with E-state index in [4.69, 9.17) is 0 Å². The number of aliphatic hydroxyl groups is 1. The topological polar surface area (TPSA) is 40.5 Å². The van der Waals surface area contributed by atoms with Crippen molar-refractivity contribution in [3.05, 3.63) is 0 Å². The van der Waals surface area contributed by atoms with Gasteiger partial charge >= 0.3 is 0 Å². The van der Waals surface area contributed by atoms with Crippen molar-refractivity contribution in [1.82, 2.24) is 4.90 Å². The molecule has 0 aromatic heterocycles. The zero-order valence-corrected chi connectivity index (χ0v) is 10.9. The molecule has 1 aliphatic heterocycles. The highest BCUT2D eigenvalue weighted by molar-refractivity contribution is 5.77. The highest BCUT2D eigenvalue weighted by atomic mass is 16.3. The van der Waals surface area contributed by atoms with Crippen molar-refractivity contribution in [3.63, 3.8) is 0 Å². The fourth-order valence-electron chi connectivity index (χ4n) is 3.45. The zero-order chi connectivity index (χ0) is 12.3. The minimum absolute atomic E-state index is 0.192. The summed E-state index contributed by atoms with van der Waals surface area (Å²) in [6, 6.07) is 0.312. The summed E-state index contributed by atoms with van der Waals surface area (Å²) in [5.74, 6) is 0.932. The van der Waals surface area contributed by atoms with Crippen LogP contribution in [0.4, 0.5) is 0 Å². The molecule has 3 unspecified atom stereocenters. The van der Waals surface area contributed by atoms with Gasteiger partial charge in [0, 0.05) is 19.0 Å². The van der Waals surface area contributed by atoms with Gasteiger partial charge in [-0.25, -0.2) is 0 Å². The van der Waals surface area contributed by atoms with Crippen molar-refractivity contribution in [2.75, 3.05) is 6.54 Å². The molecule has 0 aromatic rings. The van der Waals surface area contributed by atoms with Crippen LogP contribution >= 0.6 is 0 Å². The van der Waals surface area contributed by atoms with E-state index in [1.165, 1.54) is 12.8 Å². The van der Waals surface area contributed by atoms with E-state index in [0.29, 0.717) is 24.3 Å². The molecule has 1 aliphatic carbocycles. The molecule has 98 valence electrons. The Labute approximate surface area is 104 Å². The molecule has 1 heterocycles. The Morgan fingerprint density at radius 2 is 2.18 bits per heavy atom. The maximum absolute atomic E-state index is 12.0. The number of carbonyl (C=O) groups is 1. The van der Waals surface area contributed by atoms with Gasteiger partial charge in [-0.05, 0) is 44.4 Å². The van der Waals surface area contributed by atoms with Crippen molar-refractivity contribution in [3.8, 4) is 0 Å². The number of carbonyl (C=O) groups excluding carboxylic acids is 1. The molecule has 3 nitrogen and oxygen atoms in total. The second-order valence-corrected chi connectivity index (χ2v) is 5.63. The van der Waals surface area contributed by atoms with E-state index >= 15 is 0 Å². The van der Waals surface area contributed by atoms with E-state index in [2.05, 4.69) is 11.8 Å². The second kappa shape index (κ2) is 5.85. The summed E-state index contributed by atoms with van der Waals surface area (Å²) in [5.41, 5.74) is 0. The van der Waals surface area contributed by atoms with Crippen LogP contribution in [-0.4, -0.2) is 34.6 Å². The van der Waals surface area contributed by atoms with Gasteiger partial charge in [0.25, 0.3) is 0 Å². The Hall–Kier alpha value is -0.570. The number of aliphatic hydroxyl groups excluding tert-OH is 1. The van der Waals surface area contributed by atoms with Crippen LogP contribution in [0.25, 0.3) is 0 Å². The first-order valence-electron chi connectivity index (χ1n) is 7.20.